The van der Waals surface area contributed by atoms with Gasteiger partial charge in [-0.15, -0.1) is 0 Å². The Morgan fingerprint density at radius 3 is 2.65 bits per heavy atom. The molecule has 1 fully saturated rings. The van der Waals surface area contributed by atoms with Gasteiger partial charge in [-0.3, -0.25) is 0 Å². The van der Waals surface area contributed by atoms with Crippen LogP contribution in [0.2, 0.25) is 0 Å². The maximum Gasteiger partial charge on any atom is 0.240 e. The van der Waals surface area contributed by atoms with Crippen molar-refractivity contribution in [1.82, 2.24) is 10.0 Å². The average Bonchev–Trinajstić information content (AvgIpc) is 2.80. The fourth-order valence-electron chi connectivity index (χ4n) is 1.84. The van der Waals surface area contributed by atoms with Crippen LogP contribution < -0.4 is 10.0 Å². The molecule has 17 heavy (non-hydrogen) atoms. The van der Waals surface area contributed by atoms with E-state index in [0.717, 1.165) is 23.0 Å². The Labute approximate surface area is 115 Å². The molecule has 1 aliphatic heterocycles. The lowest BCUT2D eigenvalue weighted by Crippen LogP contribution is -2.37. The zero-order chi connectivity index (χ0) is 12.3. The molecule has 0 amide bonds. The zero-order valence-corrected chi connectivity index (χ0v) is 12.3. The van der Waals surface area contributed by atoms with Crippen molar-refractivity contribution in [1.29, 1.82) is 0 Å². The second-order valence-corrected chi connectivity index (χ2v) is 7.11. The van der Waals surface area contributed by atoms with Gasteiger partial charge in [0.05, 0.1) is 4.90 Å². The third-order valence-corrected chi connectivity index (χ3v) is 4.96. The molecule has 0 bridgehead atoms. The van der Waals surface area contributed by atoms with Crippen LogP contribution in [0.4, 0.5) is 0 Å². The maximum atomic E-state index is 12.0. The van der Waals surface area contributed by atoms with Crippen molar-refractivity contribution in [3.05, 3.63) is 27.8 Å². The van der Waals surface area contributed by atoms with E-state index in [1.54, 1.807) is 24.3 Å². The van der Waals surface area contributed by atoms with Crippen LogP contribution in [0, 0.1) is 3.57 Å². The van der Waals surface area contributed by atoms with Gasteiger partial charge < -0.3 is 5.32 Å². The summed E-state index contributed by atoms with van der Waals surface area (Å²) in [6.07, 6.45) is 2.16. The summed E-state index contributed by atoms with van der Waals surface area (Å²) in [5.41, 5.74) is 0. The summed E-state index contributed by atoms with van der Waals surface area (Å²) >= 11 is 2.15. The highest BCUT2D eigenvalue weighted by molar-refractivity contribution is 14.1. The summed E-state index contributed by atoms with van der Waals surface area (Å²) < 4.78 is 27.6. The molecule has 0 aromatic heterocycles. The Morgan fingerprint density at radius 2 is 2.06 bits per heavy atom. The lowest BCUT2D eigenvalue weighted by molar-refractivity contribution is 0.552. The van der Waals surface area contributed by atoms with E-state index in [2.05, 4.69) is 32.6 Å². The first-order chi connectivity index (χ1) is 8.08. The molecule has 4 nitrogen and oxygen atoms in total. The van der Waals surface area contributed by atoms with Crippen molar-refractivity contribution in [3.63, 3.8) is 0 Å². The van der Waals surface area contributed by atoms with Crippen molar-refractivity contribution in [2.75, 3.05) is 13.1 Å². The van der Waals surface area contributed by atoms with E-state index in [9.17, 15) is 8.42 Å². The molecule has 1 atom stereocenters. The number of hydrogen-bond acceptors (Lipinski definition) is 3. The van der Waals surface area contributed by atoms with Crippen molar-refractivity contribution < 1.29 is 8.42 Å². The molecule has 94 valence electrons. The summed E-state index contributed by atoms with van der Waals surface area (Å²) in [6, 6.07) is 7.12. The fraction of sp³-hybridized carbons (Fsp3) is 0.455. The highest BCUT2D eigenvalue weighted by atomic mass is 127. The molecule has 0 radical (unpaired) electrons. The second kappa shape index (κ2) is 5.64. The SMILES string of the molecule is O=S(=O)(NCC1CCCN1)c1ccc(I)cc1. The van der Waals surface area contributed by atoms with Gasteiger partial charge in [-0.1, -0.05) is 0 Å². The van der Waals surface area contributed by atoms with Crippen LogP contribution in [0.25, 0.3) is 0 Å². The van der Waals surface area contributed by atoms with Crippen LogP contribution >= 0.6 is 22.6 Å². The quantitative estimate of drug-likeness (QED) is 0.791. The highest BCUT2D eigenvalue weighted by Gasteiger charge is 2.18. The highest BCUT2D eigenvalue weighted by Crippen LogP contribution is 2.12. The molecule has 1 aliphatic rings. The van der Waals surface area contributed by atoms with Crippen LogP contribution in [0.3, 0.4) is 0 Å². The van der Waals surface area contributed by atoms with Gasteiger partial charge in [0.15, 0.2) is 0 Å². The molecule has 0 spiro atoms. The fourth-order valence-corrected chi connectivity index (χ4v) is 3.28. The van der Waals surface area contributed by atoms with Crippen molar-refractivity contribution in [2.24, 2.45) is 0 Å². The van der Waals surface area contributed by atoms with Gasteiger partial charge >= 0.3 is 0 Å². The first-order valence-electron chi connectivity index (χ1n) is 5.56. The van der Waals surface area contributed by atoms with Gasteiger partial charge in [0.25, 0.3) is 0 Å². The smallest absolute Gasteiger partial charge is 0.240 e. The van der Waals surface area contributed by atoms with Gasteiger partial charge in [0.2, 0.25) is 10.0 Å². The topological polar surface area (TPSA) is 58.2 Å². The molecule has 2 N–H and O–H groups in total. The molecular weight excluding hydrogens is 351 g/mol. The molecule has 1 unspecified atom stereocenters. The molecule has 0 saturated carbocycles. The summed E-state index contributed by atoms with van der Waals surface area (Å²) in [4.78, 5) is 0.330. The standard InChI is InChI=1S/C11H15IN2O2S/c12-9-3-5-11(6-4-9)17(15,16)14-8-10-2-1-7-13-10/h3-6,10,13-14H,1-2,7-8H2. The van der Waals surface area contributed by atoms with Crippen LogP contribution in [0.5, 0.6) is 0 Å². The first kappa shape index (κ1) is 13.3. The number of sulfonamides is 1. The minimum absolute atomic E-state index is 0.272. The lowest BCUT2D eigenvalue weighted by atomic mass is 10.2. The summed E-state index contributed by atoms with van der Waals surface area (Å²) in [6.45, 7) is 1.45. The number of halogens is 1. The number of benzene rings is 1. The van der Waals surface area contributed by atoms with Crippen LogP contribution in [-0.2, 0) is 10.0 Å². The van der Waals surface area contributed by atoms with Crippen LogP contribution in [0.15, 0.2) is 29.2 Å². The molecule has 1 aromatic rings. The van der Waals surface area contributed by atoms with E-state index in [0.29, 0.717) is 11.4 Å². The lowest BCUT2D eigenvalue weighted by Gasteiger charge is -2.12. The molecule has 2 rings (SSSR count). The van der Waals surface area contributed by atoms with Gasteiger partial charge in [-0.25, -0.2) is 13.1 Å². The average molecular weight is 366 g/mol. The maximum absolute atomic E-state index is 12.0. The van der Waals surface area contributed by atoms with E-state index in [4.69, 9.17) is 0 Å². The van der Waals surface area contributed by atoms with E-state index < -0.39 is 10.0 Å². The Kier molecular flexibility index (Phi) is 4.40. The Balaban J connectivity index is 2.00. The predicted molar refractivity (Wildman–Crippen MR) is 75.4 cm³/mol. The van der Waals surface area contributed by atoms with Crippen LogP contribution in [0.1, 0.15) is 12.8 Å². The van der Waals surface area contributed by atoms with Gasteiger partial charge in [-0.05, 0) is 66.2 Å². The summed E-state index contributed by atoms with van der Waals surface area (Å²) in [7, 11) is -3.36. The molecule has 1 heterocycles. The molecule has 0 aliphatic carbocycles. The van der Waals surface area contributed by atoms with Crippen molar-refractivity contribution in [2.45, 2.75) is 23.8 Å². The minimum atomic E-state index is -3.36. The van der Waals surface area contributed by atoms with Crippen molar-refractivity contribution in [3.8, 4) is 0 Å². The van der Waals surface area contributed by atoms with E-state index >= 15 is 0 Å². The number of rotatable bonds is 4. The number of nitrogens with one attached hydrogen (secondary N) is 2. The van der Waals surface area contributed by atoms with Gasteiger partial charge in [0.1, 0.15) is 0 Å². The predicted octanol–water partition coefficient (Wildman–Crippen LogP) is 1.32. The largest absolute Gasteiger partial charge is 0.313 e. The molecule has 1 aromatic carbocycles. The summed E-state index contributed by atoms with van der Waals surface area (Å²) in [5, 5.41) is 3.26. The van der Waals surface area contributed by atoms with Gasteiger partial charge in [-0.2, -0.15) is 0 Å². The molecule has 1 saturated heterocycles. The van der Waals surface area contributed by atoms with E-state index in [1.807, 2.05) is 0 Å². The third-order valence-electron chi connectivity index (χ3n) is 2.81. The van der Waals surface area contributed by atoms with Crippen LogP contribution in [-0.4, -0.2) is 27.5 Å². The zero-order valence-electron chi connectivity index (χ0n) is 9.32. The molecule has 6 heteroatoms. The monoisotopic (exact) mass is 366 g/mol. The number of hydrogen-bond donors (Lipinski definition) is 2. The Morgan fingerprint density at radius 1 is 1.35 bits per heavy atom. The molecular formula is C11H15IN2O2S. The van der Waals surface area contributed by atoms with Gasteiger partial charge in [0, 0.05) is 16.2 Å². The second-order valence-electron chi connectivity index (χ2n) is 4.10. The first-order valence-corrected chi connectivity index (χ1v) is 8.13. The summed E-state index contributed by atoms with van der Waals surface area (Å²) in [5.74, 6) is 0. The Bertz CT molecular complexity index is 467. The van der Waals surface area contributed by atoms with Crippen molar-refractivity contribution >= 4 is 32.6 Å². The minimum Gasteiger partial charge on any atom is -0.313 e. The normalized spacial score (nSPS) is 20.6. The Hall–Kier alpha value is -0.180. The third kappa shape index (κ3) is 3.64. The van der Waals surface area contributed by atoms with E-state index in [-0.39, 0.29) is 6.04 Å². The van der Waals surface area contributed by atoms with E-state index in [1.165, 1.54) is 0 Å².